The van der Waals surface area contributed by atoms with Gasteiger partial charge in [0.15, 0.2) is 0 Å². The second kappa shape index (κ2) is 11.6. The van der Waals surface area contributed by atoms with Crippen molar-refractivity contribution in [2.45, 2.75) is 53.1 Å². The van der Waals surface area contributed by atoms with E-state index >= 15 is 0 Å². The third-order valence-corrected chi connectivity index (χ3v) is 6.86. The number of nitrogens with zero attached hydrogens (tertiary/aromatic N) is 1. The van der Waals surface area contributed by atoms with E-state index in [1.165, 1.54) is 4.90 Å². The molecule has 0 aliphatic carbocycles. The van der Waals surface area contributed by atoms with Gasteiger partial charge in [-0.25, -0.2) is 0 Å². The molecule has 2 heterocycles. The average molecular weight is 507 g/mol. The van der Waals surface area contributed by atoms with Crippen LogP contribution in [0.4, 0.5) is 5.69 Å². The smallest absolute Gasteiger partial charge is 0.253 e. The summed E-state index contributed by atoms with van der Waals surface area (Å²) in [4.78, 5) is 41.5. The average Bonchev–Trinajstić information content (AvgIpc) is 2.93. The lowest BCUT2D eigenvalue weighted by molar-refractivity contribution is 0.0846. The van der Waals surface area contributed by atoms with Gasteiger partial charge in [-0.05, 0) is 80.9 Å². The molecule has 1 aliphatic heterocycles. The Morgan fingerprint density at radius 1 is 1.16 bits per heavy atom. The van der Waals surface area contributed by atoms with Crippen LogP contribution in [0, 0.1) is 20.8 Å². The maximum absolute atomic E-state index is 13.7. The van der Waals surface area contributed by atoms with Gasteiger partial charge >= 0.3 is 0 Å². The van der Waals surface area contributed by atoms with Crippen LogP contribution in [0.15, 0.2) is 47.3 Å². The molecule has 0 bridgehead atoms. The van der Waals surface area contributed by atoms with Crippen LogP contribution < -0.4 is 15.8 Å². The highest BCUT2D eigenvalue weighted by Gasteiger charge is 2.25. The van der Waals surface area contributed by atoms with Crippen LogP contribution >= 0.6 is 0 Å². The Hall–Kier alpha value is -3.71. The molecule has 0 saturated carbocycles. The molecule has 4 rings (SSSR count). The number of amides is 1. The summed E-state index contributed by atoms with van der Waals surface area (Å²) in [6.07, 6.45) is 1.53. The molecule has 3 aromatic rings. The van der Waals surface area contributed by atoms with Gasteiger partial charge in [0, 0.05) is 67.2 Å². The van der Waals surface area contributed by atoms with E-state index < -0.39 is 25.3 Å². The van der Waals surface area contributed by atoms with Crippen molar-refractivity contribution in [2.24, 2.45) is 0 Å². The number of carbonyl (C=O) groups is 2. The zero-order valence-corrected chi connectivity index (χ0v) is 21.3. The summed E-state index contributed by atoms with van der Waals surface area (Å²) in [6.45, 7) is 0.133. The SMILES string of the molecule is [2H]C([2H])([2H])C([2H])([2H])N(c1cc(-c2ccc(C=O)cc2)cc(C(=O)NCc2c(C)cc(C)[nH]c2=O)c1C)C1CCOCC1. The van der Waals surface area contributed by atoms with Gasteiger partial charge in [0.05, 0.1) is 0 Å². The van der Waals surface area contributed by atoms with E-state index in [1.54, 1.807) is 57.2 Å². The summed E-state index contributed by atoms with van der Waals surface area (Å²) in [5.74, 6) is -0.499. The van der Waals surface area contributed by atoms with Crippen LogP contribution in [0.25, 0.3) is 11.1 Å². The first-order valence-electron chi connectivity index (χ1n) is 14.8. The number of aromatic nitrogens is 1. The number of ether oxygens (including phenoxy) is 1. The molecular weight excluding hydrogens is 466 g/mol. The number of aryl methyl sites for hydroxylation is 2. The molecule has 2 aromatic carbocycles. The van der Waals surface area contributed by atoms with Crippen molar-refractivity contribution in [2.75, 3.05) is 24.6 Å². The normalized spacial score (nSPS) is 16.6. The fourth-order valence-electron chi connectivity index (χ4n) is 4.76. The van der Waals surface area contributed by atoms with Gasteiger partial charge in [0.1, 0.15) is 6.29 Å². The molecule has 1 aliphatic rings. The van der Waals surface area contributed by atoms with Gasteiger partial charge in [-0.15, -0.1) is 0 Å². The first kappa shape index (κ1) is 20.4. The first-order valence-corrected chi connectivity index (χ1v) is 12.3. The number of anilines is 1. The molecule has 1 saturated heterocycles. The van der Waals surface area contributed by atoms with E-state index in [1.807, 2.05) is 6.07 Å². The van der Waals surface area contributed by atoms with Gasteiger partial charge in [0.2, 0.25) is 0 Å². The summed E-state index contributed by atoms with van der Waals surface area (Å²) < 4.78 is 47.2. The highest BCUT2D eigenvalue weighted by molar-refractivity contribution is 5.99. The second-order valence-electron chi connectivity index (χ2n) is 9.36. The number of hydrogen-bond donors (Lipinski definition) is 2. The van der Waals surface area contributed by atoms with Crippen LogP contribution in [-0.4, -0.2) is 42.9 Å². The molecule has 0 radical (unpaired) electrons. The lowest BCUT2D eigenvalue weighted by atomic mass is 9.95. The molecule has 0 atom stereocenters. The molecule has 1 aromatic heterocycles. The van der Waals surface area contributed by atoms with Gasteiger partial charge in [-0.2, -0.15) is 0 Å². The molecule has 7 heteroatoms. The molecule has 2 N–H and O–H groups in total. The van der Waals surface area contributed by atoms with Crippen LogP contribution in [0.1, 0.15) is 69.6 Å². The number of rotatable bonds is 8. The number of hydrogen-bond acceptors (Lipinski definition) is 5. The Morgan fingerprint density at radius 3 is 2.54 bits per heavy atom. The topological polar surface area (TPSA) is 91.5 Å². The van der Waals surface area contributed by atoms with Gasteiger partial charge in [0.25, 0.3) is 11.5 Å². The quantitative estimate of drug-likeness (QED) is 0.432. The number of carbonyl (C=O) groups excluding carboxylic acids is 2. The fraction of sp³-hybridized carbons (Fsp3) is 0.367. The van der Waals surface area contributed by atoms with Gasteiger partial charge in [-0.3, -0.25) is 14.4 Å². The van der Waals surface area contributed by atoms with Crippen molar-refractivity contribution in [3.05, 3.63) is 86.3 Å². The Labute approximate surface area is 224 Å². The molecule has 1 fully saturated rings. The van der Waals surface area contributed by atoms with Gasteiger partial charge in [-0.1, -0.05) is 24.3 Å². The predicted octanol–water partition coefficient (Wildman–Crippen LogP) is 4.71. The molecule has 7 nitrogen and oxygen atoms in total. The summed E-state index contributed by atoms with van der Waals surface area (Å²) >= 11 is 0. The predicted molar refractivity (Wildman–Crippen MR) is 147 cm³/mol. The van der Waals surface area contributed by atoms with Crippen LogP contribution in [-0.2, 0) is 11.3 Å². The maximum Gasteiger partial charge on any atom is 0.253 e. The number of aromatic amines is 1. The molecule has 0 unspecified atom stereocenters. The minimum Gasteiger partial charge on any atom is -0.381 e. The zero-order chi connectivity index (χ0) is 30.8. The lowest BCUT2D eigenvalue weighted by Crippen LogP contribution is -2.40. The van der Waals surface area contributed by atoms with Gasteiger partial charge < -0.3 is 19.9 Å². The van der Waals surface area contributed by atoms with Crippen molar-refractivity contribution in [1.29, 1.82) is 0 Å². The monoisotopic (exact) mass is 506 g/mol. The van der Waals surface area contributed by atoms with E-state index in [0.717, 1.165) is 11.8 Å². The Bertz CT molecular complexity index is 1530. The third kappa shape index (κ3) is 5.83. The zero-order valence-electron chi connectivity index (χ0n) is 26.3. The molecule has 194 valence electrons. The Morgan fingerprint density at radius 2 is 1.89 bits per heavy atom. The molecular formula is C30H35N3O4. The highest BCUT2D eigenvalue weighted by atomic mass is 16.5. The van der Waals surface area contributed by atoms with Crippen LogP contribution in [0.3, 0.4) is 0 Å². The summed E-state index contributed by atoms with van der Waals surface area (Å²) in [5, 5.41) is 2.82. The second-order valence-corrected chi connectivity index (χ2v) is 9.36. The van der Waals surface area contributed by atoms with Crippen LogP contribution in [0.5, 0.6) is 0 Å². The maximum atomic E-state index is 13.7. The van der Waals surface area contributed by atoms with E-state index in [-0.39, 0.29) is 23.4 Å². The number of benzene rings is 2. The summed E-state index contributed by atoms with van der Waals surface area (Å²) in [6, 6.07) is 11.4. The minimum atomic E-state index is -2.99. The van der Waals surface area contributed by atoms with Crippen molar-refractivity contribution in [1.82, 2.24) is 10.3 Å². The van der Waals surface area contributed by atoms with Crippen molar-refractivity contribution in [3.63, 3.8) is 0 Å². The summed E-state index contributed by atoms with van der Waals surface area (Å²) in [7, 11) is 0. The van der Waals surface area contributed by atoms with Crippen LogP contribution in [0.2, 0.25) is 0 Å². The molecule has 1 amide bonds. The van der Waals surface area contributed by atoms with E-state index in [9.17, 15) is 14.4 Å². The minimum absolute atomic E-state index is 0.0346. The highest BCUT2D eigenvalue weighted by Crippen LogP contribution is 2.34. The summed E-state index contributed by atoms with van der Waals surface area (Å²) in [5.41, 5.74) is 4.09. The standard InChI is InChI=1S/C30H35N3O4/c1-5-33(25-10-12-37-13-11-25)28-16-24(23-8-6-22(18-34)7-9-23)15-26(21(28)4)29(35)31-17-27-19(2)14-20(3)32-30(27)36/h6-9,14-16,18,25H,5,10-13,17H2,1-4H3,(H,31,35)(H,32,36)/i1D3,5D2. The third-order valence-electron chi connectivity index (χ3n) is 6.86. The van der Waals surface area contributed by atoms with Crippen molar-refractivity contribution in [3.8, 4) is 11.1 Å². The fourth-order valence-corrected chi connectivity index (χ4v) is 4.76. The number of nitrogens with one attached hydrogen (secondary N) is 2. The van der Waals surface area contributed by atoms with Crippen molar-refractivity contribution >= 4 is 17.9 Å². The van der Waals surface area contributed by atoms with E-state index in [0.29, 0.717) is 59.6 Å². The molecule has 37 heavy (non-hydrogen) atoms. The number of pyridine rings is 1. The lowest BCUT2D eigenvalue weighted by Gasteiger charge is -2.37. The van der Waals surface area contributed by atoms with E-state index in [4.69, 9.17) is 11.6 Å². The Balaban J connectivity index is 1.86. The van der Waals surface area contributed by atoms with Crippen molar-refractivity contribution < 1.29 is 21.2 Å². The largest absolute Gasteiger partial charge is 0.381 e. The molecule has 0 spiro atoms. The number of H-pyrrole nitrogens is 1. The first-order chi connectivity index (χ1) is 19.7. The Kier molecular flexibility index (Phi) is 6.36. The number of aldehydes is 1. The van der Waals surface area contributed by atoms with E-state index in [2.05, 4.69) is 10.3 Å².